The monoisotopic (exact) mass is 459 g/mol. The molecule has 0 fully saturated rings. The highest BCUT2D eigenvalue weighted by atomic mass is 16.1. The maximum Gasteiger partial charge on any atom is 0.252 e. The van der Waals surface area contributed by atoms with Gasteiger partial charge in [-0.15, -0.1) is 5.10 Å². The lowest BCUT2D eigenvalue weighted by molar-refractivity contribution is 0.148. The van der Waals surface area contributed by atoms with Crippen molar-refractivity contribution in [1.29, 1.82) is 0 Å². The predicted octanol–water partition coefficient (Wildman–Crippen LogP) is 4.52. The van der Waals surface area contributed by atoms with Crippen molar-refractivity contribution < 1.29 is 0 Å². The Morgan fingerprint density at radius 2 is 1.97 bits per heavy atom. The molecule has 178 valence electrons. The Hall–Kier alpha value is -3.39. The van der Waals surface area contributed by atoms with Gasteiger partial charge in [-0.05, 0) is 79.8 Å². The van der Waals surface area contributed by atoms with Crippen molar-refractivity contribution in [3.05, 3.63) is 81.7 Å². The Morgan fingerprint density at radius 3 is 2.68 bits per heavy atom. The summed E-state index contributed by atoms with van der Waals surface area (Å²) in [6, 6.07) is 12.0. The second-order valence-corrected chi connectivity index (χ2v) is 9.90. The third-order valence-electron chi connectivity index (χ3n) is 5.99. The van der Waals surface area contributed by atoms with E-state index in [0.717, 1.165) is 46.3 Å². The number of nitrogens with zero attached hydrogens (tertiary/aromatic N) is 6. The van der Waals surface area contributed by atoms with Gasteiger partial charge in [0.2, 0.25) is 0 Å². The fraction of sp³-hybridized carbons (Fsp3) is 0.423. The van der Waals surface area contributed by atoms with Crippen LogP contribution in [0.25, 0.3) is 10.9 Å². The molecule has 3 heterocycles. The van der Waals surface area contributed by atoms with Gasteiger partial charge in [-0.2, -0.15) is 0 Å². The van der Waals surface area contributed by atoms with E-state index >= 15 is 0 Å². The standard InChI is InChI=1S/C26H33N7O/c1-6-8-23(24-29-30-31-33(24)26(3,4)5)32(16-19-9-7-12-27-15-19)17-21-14-20-13-18(2)10-11-22(20)28-25(21)34/h7,9-15,23H,6,8,16-17H2,1-5H3,(H,28,34)/t23-/m0/s1. The van der Waals surface area contributed by atoms with Crippen LogP contribution in [0, 0.1) is 6.92 Å². The van der Waals surface area contributed by atoms with Crippen LogP contribution in [0.4, 0.5) is 0 Å². The first kappa shape index (κ1) is 23.8. The molecule has 0 radical (unpaired) electrons. The molecule has 0 bridgehead atoms. The number of rotatable bonds is 8. The molecule has 0 saturated carbocycles. The predicted molar refractivity (Wildman–Crippen MR) is 133 cm³/mol. The third kappa shape index (κ3) is 5.22. The lowest BCUT2D eigenvalue weighted by atomic mass is 10.0. The van der Waals surface area contributed by atoms with Crippen LogP contribution in [-0.2, 0) is 18.6 Å². The summed E-state index contributed by atoms with van der Waals surface area (Å²) in [4.78, 5) is 22.7. The molecule has 3 aromatic heterocycles. The zero-order valence-electron chi connectivity index (χ0n) is 20.6. The lowest BCUT2D eigenvalue weighted by Gasteiger charge is -2.32. The van der Waals surface area contributed by atoms with Crippen molar-refractivity contribution in [1.82, 2.24) is 35.1 Å². The number of tetrazole rings is 1. The molecule has 8 nitrogen and oxygen atoms in total. The van der Waals surface area contributed by atoms with Crippen molar-refractivity contribution in [2.24, 2.45) is 0 Å². The van der Waals surface area contributed by atoms with E-state index in [1.807, 2.05) is 35.1 Å². The number of aromatic amines is 1. The average Bonchev–Trinajstić information content (AvgIpc) is 3.29. The van der Waals surface area contributed by atoms with Crippen LogP contribution < -0.4 is 5.56 Å². The normalized spacial score (nSPS) is 13.0. The van der Waals surface area contributed by atoms with E-state index in [1.54, 1.807) is 6.20 Å². The Labute approximate surface area is 200 Å². The highest BCUT2D eigenvalue weighted by Crippen LogP contribution is 2.30. The molecular formula is C26H33N7O. The minimum Gasteiger partial charge on any atom is -0.322 e. The molecule has 0 aliphatic carbocycles. The number of fused-ring (bicyclic) bond motifs is 1. The van der Waals surface area contributed by atoms with Gasteiger partial charge < -0.3 is 4.98 Å². The number of hydrogen-bond acceptors (Lipinski definition) is 6. The van der Waals surface area contributed by atoms with Crippen molar-refractivity contribution in [3.63, 3.8) is 0 Å². The Bertz CT molecular complexity index is 1300. The summed E-state index contributed by atoms with van der Waals surface area (Å²) in [7, 11) is 0. The molecule has 1 aromatic carbocycles. The summed E-state index contributed by atoms with van der Waals surface area (Å²) in [5.74, 6) is 0.811. The van der Waals surface area contributed by atoms with Crippen LogP contribution in [0.15, 0.2) is 53.6 Å². The van der Waals surface area contributed by atoms with E-state index in [4.69, 9.17) is 0 Å². The number of pyridine rings is 2. The molecule has 8 heteroatoms. The lowest BCUT2D eigenvalue weighted by Crippen LogP contribution is -2.35. The fourth-order valence-corrected chi connectivity index (χ4v) is 4.34. The number of aromatic nitrogens is 6. The summed E-state index contributed by atoms with van der Waals surface area (Å²) < 4.78 is 1.90. The largest absolute Gasteiger partial charge is 0.322 e. The molecule has 4 rings (SSSR count). The second-order valence-electron chi connectivity index (χ2n) is 9.90. The SMILES string of the molecule is CCC[C@@H](c1nnnn1C(C)(C)C)N(Cc1cccnc1)Cc1cc2cc(C)ccc2[nH]c1=O. The number of aryl methyl sites for hydroxylation is 1. The number of benzene rings is 1. The minimum absolute atomic E-state index is 0.0629. The molecule has 4 aromatic rings. The first-order valence-corrected chi connectivity index (χ1v) is 11.8. The minimum atomic E-state index is -0.261. The van der Waals surface area contributed by atoms with E-state index in [-0.39, 0.29) is 17.1 Å². The summed E-state index contributed by atoms with van der Waals surface area (Å²) in [6.07, 6.45) is 5.46. The summed E-state index contributed by atoms with van der Waals surface area (Å²) in [6.45, 7) is 11.6. The van der Waals surface area contributed by atoms with Crippen LogP contribution in [-0.4, -0.2) is 35.1 Å². The van der Waals surface area contributed by atoms with Gasteiger partial charge in [0.05, 0.1) is 11.6 Å². The van der Waals surface area contributed by atoms with Crippen LogP contribution >= 0.6 is 0 Å². The van der Waals surface area contributed by atoms with Crippen LogP contribution in [0.1, 0.15) is 69.1 Å². The van der Waals surface area contributed by atoms with Gasteiger partial charge in [-0.25, -0.2) is 4.68 Å². The fourth-order valence-electron chi connectivity index (χ4n) is 4.34. The molecule has 0 aliphatic rings. The van der Waals surface area contributed by atoms with Gasteiger partial charge in [0.25, 0.3) is 5.56 Å². The molecule has 34 heavy (non-hydrogen) atoms. The smallest absolute Gasteiger partial charge is 0.252 e. The van der Waals surface area contributed by atoms with Gasteiger partial charge in [0.1, 0.15) is 0 Å². The van der Waals surface area contributed by atoms with Crippen molar-refractivity contribution in [3.8, 4) is 0 Å². The number of nitrogens with one attached hydrogen (secondary N) is 1. The van der Waals surface area contributed by atoms with Crippen LogP contribution in [0.3, 0.4) is 0 Å². The summed E-state index contributed by atoms with van der Waals surface area (Å²) >= 11 is 0. The van der Waals surface area contributed by atoms with Crippen molar-refractivity contribution in [2.75, 3.05) is 0 Å². The highest BCUT2D eigenvalue weighted by molar-refractivity contribution is 5.79. The molecule has 0 aliphatic heterocycles. The number of H-pyrrole nitrogens is 1. The van der Waals surface area contributed by atoms with E-state index in [1.165, 1.54) is 0 Å². The highest BCUT2D eigenvalue weighted by Gasteiger charge is 2.30. The molecule has 0 unspecified atom stereocenters. The maximum atomic E-state index is 13.1. The van der Waals surface area contributed by atoms with Gasteiger partial charge in [0.15, 0.2) is 5.82 Å². The Balaban J connectivity index is 1.79. The van der Waals surface area contributed by atoms with E-state index < -0.39 is 0 Å². The number of hydrogen-bond donors (Lipinski definition) is 1. The molecule has 0 amide bonds. The first-order chi connectivity index (χ1) is 16.3. The summed E-state index contributed by atoms with van der Waals surface area (Å²) in [5, 5.41) is 13.8. The van der Waals surface area contributed by atoms with Gasteiger partial charge in [0, 0.05) is 36.6 Å². The maximum absolute atomic E-state index is 13.1. The van der Waals surface area contributed by atoms with E-state index in [2.05, 4.69) is 77.1 Å². The zero-order valence-corrected chi connectivity index (χ0v) is 20.6. The summed E-state index contributed by atoms with van der Waals surface area (Å²) in [5.41, 5.74) is 3.47. The molecule has 1 atom stereocenters. The van der Waals surface area contributed by atoms with Crippen LogP contribution in [0.5, 0.6) is 0 Å². The average molecular weight is 460 g/mol. The van der Waals surface area contributed by atoms with Crippen molar-refractivity contribution in [2.45, 2.75) is 72.1 Å². The Kier molecular flexibility index (Phi) is 6.88. The quantitative estimate of drug-likeness (QED) is 0.417. The van der Waals surface area contributed by atoms with Gasteiger partial charge in [-0.1, -0.05) is 31.0 Å². The first-order valence-electron chi connectivity index (χ1n) is 11.8. The van der Waals surface area contributed by atoms with E-state index in [0.29, 0.717) is 13.1 Å². The second kappa shape index (κ2) is 9.85. The van der Waals surface area contributed by atoms with E-state index in [9.17, 15) is 4.79 Å². The topological polar surface area (TPSA) is 92.6 Å². The molecule has 0 spiro atoms. The zero-order chi connectivity index (χ0) is 24.3. The van der Waals surface area contributed by atoms with Crippen molar-refractivity contribution >= 4 is 10.9 Å². The van der Waals surface area contributed by atoms with Gasteiger partial charge in [-0.3, -0.25) is 14.7 Å². The third-order valence-corrected chi connectivity index (χ3v) is 5.99. The van der Waals surface area contributed by atoms with Gasteiger partial charge >= 0.3 is 0 Å². The molecule has 1 N–H and O–H groups in total. The Morgan fingerprint density at radius 1 is 1.15 bits per heavy atom. The molecule has 0 saturated heterocycles. The molecular weight excluding hydrogens is 426 g/mol. The van der Waals surface area contributed by atoms with Crippen LogP contribution in [0.2, 0.25) is 0 Å².